The lowest BCUT2D eigenvalue weighted by molar-refractivity contribution is -0.137. The van der Waals surface area contributed by atoms with Crippen LogP contribution in [0.25, 0.3) is 11.4 Å². The van der Waals surface area contributed by atoms with Gasteiger partial charge in [-0.25, -0.2) is 4.79 Å². The Labute approximate surface area is 377 Å². The summed E-state index contributed by atoms with van der Waals surface area (Å²) in [6.07, 6.45) is 10.8. The molecule has 0 aliphatic carbocycles. The summed E-state index contributed by atoms with van der Waals surface area (Å²) in [5.41, 5.74) is 1.75. The third kappa shape index (κ3) is 16.8. The number of carbonyl (C=O) groups is 3. The minimum atomic E-state index is -0.751. The first-order chi connectivity index (χ1) is 30.9. The number of hydrogen-bond donors (Lipinski definition) is 4. The summed E-state index contributed by atoms with van der Waals surface area (Å²) in [5.74, 6) is 1.08. The predicted molar refractivity (Wildman–Crippen MR) is 243 cm³/mol. The summed E-state index contributed by atoms with van der Waals surface area (Å²) < 4.78 is 28.4. The number of likely N-dealkylation sites (tertiary alicyclic amines) is 1. The summed E-state index contributed by atoms with van der Waals surface area (Å²) in [4.78, 5) is 46.3. The fraction of sp³-hybridized carbons (Fsp3) is 0.542. The van der Waals surface area contributed by atoms with Crippen LogP contribution in [0.5, 0.6) is 5.75 Å². The Hall–Kier alpha value is -5.58. The predicted octanol–water partition coefficient (Wildman–Crippen LogP) is 8.33. The van der Waals surface area contributed by atoms with E-state index in [4.69, 9.17) is 28.8 Å². The summed E-state index contributed by atoms with van der Waals surface area (Å²) in [5, 5.41) is 24.5. The van der Waals surface area contributed by atoms with Crippen LogP contribution in [-0.2, 0) is 29.3 Å². The van der Waals surface area contributed by atoms with Gasteiger partial charge in [0.15, 0.2) is 11.6 Å². The maximum atomic E-state index is 13.6. The molecule has 16 nitrogen and oxygen atoms in total. The van der Waals surface area contributed by atoms with Gasteiger partial charge in [-0.15, -0.1) is 10.2 Å². The largest absolute Gasteiger partial charge is 0.494 e. The molecule has 3 heterocycles. The Kier molecular flexibility index (Phi) is 19.8. The van der Waals surface area contributed by atoms with E-state index in [0.717, 1.165) is 61.1 Å². The minimum Gasteiger partial charge on any atom is -0.494 e. The van der Waals surface area contributed by atoms with E-state index in [9.17, 15) is 14.4 Å². The molecule has 2 aromatic heterocycles. The van der Waals surface area contributed by atoms with Crippen LogP contribution in [-0.4, -0.2) is 113 Å². The number of hydrogen-bond acceptors (Lipinski definition) is 12. The number of ether oxygens (including phenoxy) is 5. The standard InChI is InChI=1S/C48H67N7O9/c1-36(37-16-18-41(19-17-37)63-30-11-6-5-9-28-60-31-33-62-34-32-61-29-10-7-8-15-42(56)57)50-44(58)39-13-12-14-40(35-39)52-48(22-26-55(27-23-48)46(59)64-47(2,3)4)45-51-43(53-54-45)38-20-24-49-25-21-38/h12-14,16-21,24-25,35-36,52H,5-11,15,22-23,26-34H2,1-4H3,(H,50,58)(H,56,57)(H,51,53,54)/t36-/m0/s1. The number of carboxylic acids is 1. The number of rotatable bonds is 27. The van der Waals surface area contributed by atoms with Crippen molar-refractivity contribution in [2.45, 2.75) is 109 Å². The third-order valence-corrected chi connectivity index (χ3v) is 10.8. The SMILES string of the molecule is C[C@H](NC(=O)c1cccc(NC2(c3nnc(-c4ccncc4)[nH]3)CCN(C(=O)OC(C)(C)C)CC2)c1)c1ccc(OCCCCCCOCCOCCOCCCCCC(=O)O)cc1. The molecule has 1 aliphatic rings. The number of unbranched alkanes of at least 4 members (excludes halogenated alkanes) is 5. The Morgan fingerprint density at radius 3 is 2.06 bits per heavy atom. The zero-order valence-corrected chi connectivity index (χ0v) is 37.9. The number of aliphatic carboxylic acids is 1. The van der Waals surface area contributed by atoms with Gasteiger partial charge in [-0.3, -0.25) is 14.6 Å². The average molecular weight is 886 g/mol. The molecule has 0 saturated carbocycles. The van der Waals surface area contributed by atoms with E-state index in [1.165, 1.54) is 0 Å². The molecule has 4 N–H and O–H groups in total. The van der Waals surface area contributed by atoms with Gasteiger partial charge in [-0.05, 0) is 121 Å². The molecule has 1 aliphatic heterocycles. The Bertz CT molecular complexity index is 2000. The number of nitrogens with one attached hydrogen (secondary N) is 3. The molecular weight excluding hydrogens is 819 g/mol. The molecule has 1 atom stereocenters. The van der Waals surface area contributed by atoms with Crippen LogP contribution in [0.4, 0.5) is 10.5 Å². The van der Waals surface area contributed by atoms with Gasteiger partial charge in [-0.1, -0.05) is 31.0 Å². The van der Waals surface area contributed by atoms with Crippen molar-refractivity contribution in [2.75, 3.05) is 64.7 Å². The van der Waals surface area contributed by atoms with Gasteiger partial charge in [-0.2, -0.15) is 0 Å². The molecule has 5 rings (SSSR count). The molecule has 0 spiro atoms. The highest BCUT2D eigenvalue weighted by Crippen LogP contribution is 2.36. The number of benzene rings is 2. The number of anilines is 1. The number of aromatic nitrogens is 4. The average Bonchev–Trinajstić information content (AvgIpc) is 3.79. The molecule has 0 radical (unpaired) electrons. The topological polar surface area (TPSA) is 199 Å². The van der Waals surface area contributed by atoms with Crippen LogP contribution < -0.4 is 15.4 Å². The highest BCUT2D eigenvalue weighted by atomic mass is 16.6. The first-order valence-corrected chi connectivity index (χ1v) is 22.6. The molecule has 4 aromatic rings. The molecule has 0 unspecified atom stereocenters. The van der Waals surface area contributed by atoms with Gasteiger partial charge in [0.2, 0.25) is 0 Å². The van der Waals surface area contributed by atoms with Crippen molar-refractivity contribution in [1.82, 2.24) is 30.4 Å². The molecule has 2 amide bonds. The van der Waals surface area contributed by atoms with Crippen molar-refractivity contribution in [3.63, 3.8) is 0 Å². The second-order valence-electron chi connectivity index (χ2n) is 17.1. The first-order valence-electron chi connectivity index (χ1n) is 22.6. The number of amides is 2. The molecule has 2 aromatic carbocycles. The van der Waals surface area contributed by atoms with Crippen molar-refractivity contribution in [3.05, 3.63) is 90.0 Å². The van der Waals surface area contributed by atoms with E-state index in [1.807, 2.05) is 82.3 Å². The lowest BCUT2D eigenvalue weighted by atomic mass is 9.86. The van der Waals surface area contributed by atoms with Crippen molar-refractivity contribution in [1.29, 1.82) is 0 Å². The van der Waals surface area contributed by atoms with Crippen LogP contribution in [0.3, 0.4) is 0 Å². The van der Waals surface area contributed by atoms with Gasteiger partial charge in [0.25, 0.3) is 5.91 Å². The number of piperidine rings is 1. The van der Waals surface area contributed by atoms with E-state index in [0.29, 0.717) is 95.8 Å². The second kappa shape index (κ2) is 25.6. The summed E-state index contributed by atoms with van der Waals surface area (Å²) in [7, 11) is 0. The van der Waals surface area contributed by atoms with Crippen LogP contribution in [0.1, 0.15) is 120 Å². The van der Waals surface area contributed by atoms with Crippen molar-refractivity contribution >= 4 is 23.7 Å². The van der Waals surface area contributed by atoms with Gasteiger partial charge < -0.3 is 49.3 Å². The zero-order chi connectivity index (χ0) is 45.6. The fourth-order valence-electron chi connectivity index (χ4n) is 7.21. The molecule has 1 saturated heterocycles. The van der Waals surface area contributed by atoms with Gasteiger partial charge in [0.05, 0.1) is 39.1 Å². The van der Waals surface area contributed by atoms with E-state index in [2.05, 4.69) is 30.8 Å². The Balaban J connectivity index is 1.01. The van der Waals surface area contributed by atoms with Crippen LogP contribution >= 0.6 is 0 Å². The minimum absolute atomic E-state index is 0.204. The molecule has 0 bridgehead atoms. The van der Waals surface area contributed by atoms with E-state index >= 15 is 0 Å². The number of carboxylic acid groups (broad SMARTS) is 1. The number of H-pyrrole nitrogens is 1. The first kappa shape index (κ1) is 49.4. The molecule has 1 fully saturated rings. The summed E-state index contributed by atoms with van der Waals surface area (Å²) in [6, 6.07) is 18.7. The maximum absolute atomic E-state index is 13.6. The van der Waals surface area contributed by atoms with Gasteiger partial charge in [0, 0.05) is 61.9 Å². The molecular formula is C48H67N7O9. The van der Waals surface area contributed by atoms with Crippen LogP contribution in [0.15, 0.2) is 73.1 Å². The number of pyridine rings is 1. The highest BCUT2D eigenvalue weighted by Gasteiger charge is 2.41. The van der Waals surface area contributed by atoms with Crippen molar-refractivity contribution in [3.8, 4) is 17.1 Å². The van der Waals surface area contributed by atoms with Crippen LogP contribution in [0.2, 0.25) is 0 Å². The summed E-state index contributed by atoms with van der Waals surface area (Å²) in [6.45, 7) is 12.5. The normalized spacial score (nSPS) is 14.2. The zero-order valence-electron chi connectivity index (χ0n) is 37.9. The van der Waals surface area contributed by atoms with E-state index in [-0.39, 0.29) is 24.5 Å². The quantitative estimate of drug-likeness (QED) is 0.0417. The monoisotopic (exact) mass is 886 g/mol. The Morgan fingerprint density at radius 2 is 1.42 bits per heavy atom. The van der Waals surface area contributed by atoms with Crippen molar-refractivity contribution in [2.24, 2.45) is 0 Å². The number of aromatic amines is 1. The lowest BCUT2D eigenvalue weighted by Crippen LogP contribution is -2.50. The van der Waals surface area contributed by atoms with Gasteiger partial charge >= 0.3 is 12.1 Å². The Morgan fingerprint density at radius 1 is 0.797 bits per heavy atom. The number of carbonyl (C=O) groups excluding carboxylic acids is 2. The lowest BCUT2D eigenvalue weighted by Gasteiger charge is -2.41. The smallest absolute Gasteiger partial charge is 0.410 e. The van der Waals surface area contributed by atoms with Crippen molar-refractivity contribution < 1.29 is 43.2 Å². The van der Waals surface area contributed by atoms with E-state index in [1.54, 1.807) is 23.4 Å². The maximum Gasteiger partial charge on any atom is 0.410 e. The molecule has 348 valence electrons. The van der Waals surface area contributed by atoms with Crippen LogP contribution in [0, 0.1) is 0 Å². The second-order valence-corrected chi connectivity index (χ2v) is 17.1. The van der Waals surface area contributed by atoms with E-state index < -0.39 is 17.1 Å². The molecule has 16 heteroatoms. The third-order valence-electron chi connectivity index (χ3n) is 10.8. The van der Waals surface area contributed by atoms with Gasteiger partial charge in [0.1, 0.15) is 16.9 Å². The molecule has 64 heavy (non-hydrogen) atoms. The summed E-state index contributed by atoms with van der Waals surface area (Å²) >= 11 is 0. The number of nitrogens with zero attached hydrogens (tertiary/aromatic N) is 4. The highest BCUT2D eigenvalue weighted by molar-refractivity contribution is 5.95. The fourth-order valence-corrected chi connectivity index (χ4v) is 7.21.